The van der Waals surface area contributed by atoms with E-state index in [1.807, 2.05) is 0 Å². The lowest BCUT2D eigenvalue weighted by atomic mass is 9.84. The summed E-state index contributed by atoms with van der Waals surface area (Å²) >= 11 is 3.29. The highest BCUT2D eigenvalue weighted by molar-refractivity contribution is 9.10. The molecule has 0 aromatic heterocycles. The van der Waals surface area contributed by atoms with Gasteiger partial charge in [-0.25, -0.2) is 0 Å². The van der Waals surface area contributed by atoms with Crippen LogP contribution in [0.1, 0.15) is 37.7 Å². The summed E-state index contributed by atoms with van der Waals surface area (Å²) < 4.78 is 0.573. The number of benzene rings is 1. The first-order valence-corrected chi connectivity index (χ1v) is 8.73. The van der Waals surface area contributed by atoms with Crippen LogP contribution in [0.25, 0.3) is 0 Å². The van der Waals surface area contributed by atoms with Crippen molar-refractivity contribution < 1.29 is 9.72 Å². The fraction of sp³-hybridized carbons (Fsp3) is 0.562. The molecule has 1 aliphatic carbocycles. The molecule has 23 heavy (non-hydrogen) atoms. The zero-order valence-corrected chi connectivity index (χ0v) is 14.5. The first-order chi connectivity index (χ1) is 11.0. The molecule has 2 rings (SSSR count). The van der Waals surface area contributed by atoms with Crippen LogP contribution in [0.15, 0.2) is 22.7 Å². The summed E-state index contributed by atoms with van der Waals surface area (Å²) in [5, 5.41) is 13.8. The van der Waals surface area contributed by atoms with Crippen molar-refractivity contribution in [2.45, 2.75) is 44.6 Å². The predicted molar refractivity (Wildman–Crippen MR) is 92.1 cm³/mol. The lowest BCUT2D eigenvalue weighted by Crippen LogP contribution is -2.46. The van der Waals surface area contributed by atoms with Crippen molar-refractivity contribution in [3.8, 4) is 0 Å². The lowest BCUT2D eigenvalue weighted by Gasteiger charge is -2.30. The standard InChI is InChI=1S/C16H22BrN3O3/c17-14-9-13(20(22)23)7-6-12(14)8-16(21)19-15(10-18)11-4-2-1-3-5-11/h6-7,9,11,15H,1-5,8,10,18H2,(H,19,21). The molecule has 0 radical (unpaired) electrons. The second-order valence-electron chi connectivity index (χ2n) is 6.02. The summed E-state index contributed by atoms with van der Waals surface area (Å²) in [6.07, 6.45) is 6.07. The first kappa shape index (κ1) is 17.9. The van der Waals surface area contributed by atoms with Crippen LogP contribution >= 0.6 is 15.9 Å². The second-order valence-corrected chi connectivity index (χ2v) is 6.87. The molecule has 6 nitrogen and oxygen atoms in total. The molecular formula is C16H22BrN3O3. The van der Waals surface area contributed by atoms with Crippen LogP contribution < -0.4 is 11.1 Å². The van der Waals surface area contributed by atoms with Crippen molar-refractivity contribution in [2.24, 2.45) is 11.7 Å². The van der Waals surface area contributed by atoms with E-state index < -0.39 is 4.92 Å². The number of rotatable bonds is 6. The molecule has 0 aliphatic heterocycles. The van der Waals surface area contributed by atoms with E-state index in [1.165, 1.54) is 31.4 Å². The van der Waals surface area contributed by atoms with Gasteiger partial charge in [0, 0.05) is 29.2 Å². The molecule has 1 aliphatic rings. The Labute approximate surface area is 144 Å². The Bertz CT molecular complexity index is 574. The minimum atomic E-state index is -0.456. The minimum Gasteiger partial charge on any atom is -0.352 e. The number of hydrogen-bond acceptors (Lipinski definition) is 4. The Morgan fingerprint density at radius 2 is 2.09 bits per heavy atom. The molecule has 0 bridgehead atoms. The Morgan fingerprint density at radius 3 is 2.65 bits per heavy atom. The molecule has 1 fully saturated rings. The molecule has 1 aromatic rings. The normalized spacial score (nSPS) is 16.8. The van der Waals surface area contributed by atoms with Crippen LogP contribution in [0.2, 0.25) is 0 Å². The fourth-order valence-corrected chi connectivity index (χ4v) is 3.64. The van der Waals surface area contributed by atoms with Gasteiger partial charge in [0.15, 0.2) is 0 Å². The third-order valence-electron chi connectivity index (χ3n) is 4.42. The molecule has 1 saturated carbocycles. The van der Waals surface area contributed by atoms with E-state index in [1.54, 1.807) is 6.07 Å². The van der Waals surface area contributed by atoms with Crippen molar-refractivity contribution >= 4 is 27.5 Å². The number of nitro groups is 1. The third-order valence-corrected chi connectivity index (χ3v) is 5.16. The summed E-state index contributed by atoms with van der Waals surface area (Å²) in [7, 11) is 0. The predicted octanol–water partition coefficient (Wildman–Crippen LogP) is 2.92. The highest BCUT2D eigenvalue weighted by Crippen LogP contribution is 2.27. The van der Waals surface area contributed by atoms with Crippen LogP contribution in [0.3, 0.4) is 0 Å². The Morgan fingerprint density at radius 1 is 1.39 bits per heavy atom. The van der Waals surface area contributed by atoms with Crippen molar-refractivity contribution in [3.63, 3.8) is 0 Å². The number of nitro benzene ring substituents is 1. The van der Waals surface area contributed by atoms with Gasteiger partial charge < -0.3 is 11.1 Å². The number of carbonyl (C=O) groups excluding carboxylic acids is 1. The van der Waals surface area contributed by atoms with Gasteiger partial charge in [-0.3, -0.25) is 14.9 Å². The van der Waals surface area contributed by atoms with E-state index in [2.05, 4.69) is 21.2 Å². The summed E-state index contributed by atoms with van der Waals surface area (Å²) in [5.74, 6) is 0.360. The lowest BCUT2D eigenvalue weighted by molar-refractivity contribution is -0.384. The molecule has 0 saturated heterocycles. The van der Waals surface area contributed by atoms with Crippen LogP contribution in [0.5, 0.6) is 0 Å². The van der Waals surface area contributed by atoms with Crippen LogP contribution in [-0.4, -0.2) is 23.4 Å². The molecule has 1 atom stereocenters. The highest BCUT2D eigenvalue weighted by Gasteiger charge is 2.24. The molecule has 3 N–H and O–H groups in total. The van der Waals surface area contributed by atoms with E-state index in [-0.39, 0.29) is 24.1 Å². The maximum Gasteiger partial charge on any atom is 0.270 e. The number of nitrogens with zero attached hydrogens (tertiary/aromatic N) is 1. The number of halogens is 1. The number of amides is 1. The zero-order chi connectivity index (χ0) is 16.8. The summed E-state index contributed by atoms with van der Waals surface area (Å²) in [4.78, 5) is 22.6. The highest BCUT2D eigenvalue weighted by atomic mass is 79.9. The molecule has 1 unspecified atom stereocenters. The smallest absolute Gasteiger partial charge is 0.270 e. The average molecular weight is 384 g/mol. The van der Waals surface area contributed by atoms with Crippen molar-refractivity contribution in [1.82, 2.24) is 5.32 Å². The molecule has 0 spiro atoms. The summed E-state index contributed by atoms with van der Waals surface area (Å²) in [5.41, 5.74) is 6.56. The van der Waals surface area contributed by atoms with E-state index in [0.717, 1.165) is 18.4 Å². The van der Waals surface area contributed by atoms with Gasteiger partial charge in [-0.1, -0.05) is 41.3 Å². The maximum atomic E-state index is 12.3. The monoisotopic (exact) mass is 383 g/mol. The number of nitrogens with one attached hydrogen (secondary N) is 1. The van der Waals surface area contributed by atoms with Gasteiger partial charge in [-0.2, -0.15) is 0 Å². The maximum absolute atomic E-state index is 12.3. The number of nitrogens with two attached hydrogens (primary N) is 1. The Balaban J connectivity index is 1.96. The first-order valence-electron chi connectivity index (χ1n) is 7.93. The zero-order valence-electron chi connectivity index (χ0n) is 13.0. The SMILES string of the molecule is NCC(NC(=O)Cc1ccc([N+](=O)[O-])cc1Br)C1CCCCC1. The number of non-ortho nitro benzene ring substituents is 1. The van der Waals surface area contributed by atoms with Crippen molar-refractivity contribution in [2.75, 3.05) is 6.54 Å². The summed E-state index contributed by atoms with van der Waals surface area (Å²) in [6, 6.07) is 4.46. The fourth-order valence-electron chi connectivity index (χ4n) is 3.13. The van der Waals surface area contributed by atoms with Gasteiger partial charge >= 0.3 is 0 Å². The molecule has 7 heteroatoms. The van der Waals surface area contributed by atoms with Gasteiger partial charge in [0.05, 0.1) is 11.3 Å². The largest absolute Gasteiger partial charge is 0.352 e. The van der Waals surface area contributed by atoms with Crippen molar-refractivity contribution in [1.29, 1.82) is 0 Å². The molecule has 1 aromatic carbocycles. The summed E-state index contributed by atoms with van der Waals surface area (Å²) in [6.45, 7) is 0.442. The van der Waals surface area contributed by atoms with Gasteiger partial charge in [-0.05, 0) is 24.3 Å². The van der Waals surface area contributed by atoms with E-state index in [0.29, 0.717) is 16.9 Å². The Hall–Kier alpha value is -1.47. The second kappa shape index (κ2) is 8.40. The Kier molecular flexibility index (Phi) is 6.53. The molecule has 0 heterocycles. The molecule has 126 valence electrons. The van der Waals surface area contributed by atoms with E-state index >= 15 is 0 Å². The minimum absolute atomic E-state index is 0.00285. The van der Waals surface area contributed by atoms with Gasteiger partial charge in [0.1, 0.15) is 0 Å². The number of carbonyl (C=O) groups is 1. The average Bonchev–Trinajstić information content (AvgIpc) is 2.55. The number of hydrogen-bond donors (Lipinski definition) is 2. The van der Waals surface area contributed by atoms with Gasteiger partial charge in [-0.15, -0.1) is 0 Å². The van der Waals surface area contributed by atoms with Gasteiger partial charge in [0.25, 0.3) is 5.69 Å². The topological polar surface area (TPSA) is 98.3 Å². The van der Waals surface area contributed by atoms with Crippen LogP contribution in [-0.2, 0) is 11.2 Å². The van der Waals surface area contributed by atoms with Crippen LogP contribution in [0, 0.1) is 16.0 Å². The molecular weight excluding hydrogens is 362 g/mol. The van der Waals surface area contributed by atoms with Crippen LogP contribution in [0.4, 0.5) is 5.69 Å². The quantitative estimate of drug-likeness (QED) is 0.582. The van der Waals surface area contributed by atoms with E-state index in [4.69, 9.17) is 5.73 Å². The third kappa shape index (κ3) is 5.00. The van der Waals surface area contributed by atoms with Gasteiger partial charge in [0.2, 0.25) is 5.91 Å². The van der Waals surface area contributed by atoms with Crippen molar-refractivity contribution in [3.05, 3.63) is 38.3 Å². The van der Waals surface area contributed by atoms with E-state index in [9.17, 15) is 14.9 Å². The molecule has 1 amide bonds.